The molecule has 0 radical (unpaired) electrons. The standard InChI is InChI=1S/C10H16N2O2/c11-7(6-13)5-10(14)8-3-1-2-4-9(8)12/h1-4,7,10,13-14H,5-6,11-12H2/t7-,10+/m0/s1. The van der Waals surface area contributed by atoms with Crippen molar-refractivity contribution in [3.8, 4) is 0 Å². The van der Waals surface area contributed by atoms with Crippen molar-refractivity contribution >= 4 is 5.69 Å². The maximum absolute atomic E-state index is 9.73. The largest absolute Gasteiger partial charge is 0.398 e. The zero-order chi connectivity index (χ0) is 10.6. The fourth-order valence-electron chi connectivity index (χ4n) is 1.30. The number of aliphatic hydroxyl groups excluding tert-OH is 2. The summed E-state index contributed by atoms with van der Waals surface area (Å²) in [4.78, 5) is 0. The van der Waals surface area contributed by atoms with Crippen molar-refractivity contribution in [2.24, 2.45) is 5.73 Å². The molecule has 0 fully saturated rings. The molecule has 0 aliphatic rings. The molecular weight excluding hydrogens is 180 g/mol. The van der Waals surface area contributed by atoms with Gasteiger partial charge in [0.05, 0.1) is 12.7 Å². The molecule has 0 bridgehead atoms. The van der Waals surface area contributed by atoms with E-state index in [4.69, 9.17) is 16.6 Å². The Morgan fingerprint density at radius 3 is 2.50 bits per heavy atom. The van der Waals surface area contributed by atoms with Gasteiger partial charge in [-0.25, -0.2) is 0 Å². The van der Waals surface area contributed by atoms with Crippen molar-refractivity contribution in [1.82, 2.24) is 0 Å². The normalized spacial score (nSPS) is 15.1. The van der Waals surface area contributed by atoms with Crippen LogP contribution in [0.2, 0.25) is 0 Å². The molecule has 6 N–H and O–H groups in total. The first-order chi connectivity index (χ1) is 6.65. The van der Waals surface area contributed by atoms with Crippen LogP contribution in [0.15, 0.2) is 24.3 Å². The second-order valence-electron chi connectivity index (χ2n) is 3.32. The van der Waals surface area contributed by atoms with Crippen LogP contribution in [-0.2, 0) is 0 Å². The first-order valence-corrected chi connectivity index (χ1v) is 4.54. The second-order valence-corrected chi connectivity index (χ2v) is 3.32. The van der Waals surface area contributed by atoms with E-state index in [1.54, 1.807) is 24.3 Å². The highest BCUT2D eigenvalue weighted by Crippen LogP contribution is 2.23. The van der Waals surface area contributed by atoms with Crippen LogP contribution >= 0.6 is 0 Å². The van der Waals surface area contributed by atoms with Gasteiger partial charge in [0.2, 0.25) is 0 Å². The fourth-order valence-corrected chi connectivity index (χ4v) is 1.30. The molecule has 0 aliphatic heterocycles. The molecule has 1 aromatic carbocycles. The van der Waals surface area contributed by atoms with E-state index in [0.29, 0.717) is 17.7 Å². The second kappa shape index (κ2) is 4.95. The van der Waals surface area contributed by atoms with Gasteiger partial charge in [-0.05, 0) is 12.5 Å². The molecular formula is C10H16N2O2. The minimum absolute atomic E-state index is 0.135. The van der Waals surface area contributed by atoms with E-state index >= 15 is 0 Å². The Hall–Kier alpha value is -1.10. The first-order valence-electron chi connectivity index (χ1n) is 4.54. The SMILES string of the molecule is Nc1ccccc1[C@H](O)C[C@H](N)CO. The lowest BCUT2D eigenvalue weighted by Gasteiger charge is -2.16. The van der Waals surface area contributed by atoms with Gasteiger partial charge in [0.25, 0.3) is 0 Å². The molecule has 0 saturated heterocycles. The molecule has 0 spiro atoms. The van der Waals surface area contributed by atoms with Gasteiger partial charge in [0.1, 0.15) is 0 Å². The van der Waals surface area contributed by atoms with Gasteiger partial charge in [-0.2, -0.15) is 0 Å². The summed E-state index contributed by atoms with van der Waals surface area (Å²) in [5, 5.41) is 18.5. The number of anilines is 1. The summed E-state index contributed by atoms with van der Waals surface area (Å²) >= 11 is 0. The lowest BCUT2D eigenvalue weighted by Crippen LogP contribution is -2.26. The quantitative estimate of drug-likeness (QED) is 0.510. The topological polar surface area (TPSA) is 92.5 Å². The van der Waals surface area contributed by atoms with Crippen LogP contribution in [0.3, 0.4) is 0 Å². The number of para-hydroxylation sites is 1. The Labute approximate surface area is 83.2 Å². The van der Waals surface area contributed by atoms with Gasteiger partial charge in [-0.3, -0.25) is 0 Å². The Morgan fingerprint density at radius 2 is 1.93 bits per heavy atom. The predicted molar refractivity (Wildman–Crippen MR) is 55.5 cm³/mol. The summed E-state index contributed by atoms with van der Waals surface area (Å²) in [6.45, 7) is -0.135. The number of nitrogens with two attached hydrogens (primary N) is 2. The monoisotopic (exact) mass is 196 g/mol. The maximum Gasteiger partial charge on any atom is 0.0825 e. The van der Waals surface area contributed by atoms with Crippen LogP contribution in [-0.4, -0.2) is 22.9 Å². The molecule has 4 nitrogen and oxygen atoms in total. The van der Waals surface area contributed by atoms with Crippen molar-refractivity contribution in [2.45, 2.75) is 18.6 Å². The molecule has 1 rings (SSSR count). The number of nitrogen functional groups attached to an aromatic ring is 1. The van der Waals surface area contributed by atoms with Crippen molar-refractivity contribution in [3.63, 3.8) is 0 Å². The third-order valence-corrected chi connectivity index (χ3v) is 2.12. The molecule has 1 aromatic rings. The van der Waals surface area contributed by atoms with E-state index in [0.717, 1.165) is 0 Å². The van der Waals surface area contributed by atoms with Crippen LogP contribution < -0.4 is 11.5 Å². The minimum Gasteiger partial charge on any atom is -0.398 e. The minimum atomic E-state index is -0.710. The lowest BCUT2D eigenvalue weighted by atomic mass is 10.0. The summed E-state index contributed by atoms with van der Waals surface area (Å²) in [5.41, 5.74) is 12.4. The number of aliphatic hydroxyl groups is 2. The van der Waals surface area contributed by atoms with Gasteiger partial charge in [-0.1, -0.05) is 18.2 Å². The number of benzene rings is 1. The van der Waals surface area contributed by atoms with E-state index in [1.807, 2.05) is 0 Å². The molecule has 14 heavy (non-hydrogen) atoms. The summed E-state index contributed by atoms with van der Waals surface area (Å²) in [7, 11) is 0. The van der Waals surface area contributed by atoms with Gasteiger partial charge in [0.15, 0.2) is 0 Å². The highest BCUT2D eigenvalue weighted by molar-refractivity contribution is 5.47. The molecule has 78 valence electrons. The Bertz CT molecular complexity index is 291. The van der Waals surface area contributed by atoms with Crippen molar-refractivity contribution in [1.29, 1.82) is 0 Å². The molecule has 0 heterocycles. The molecule has 0 saturated carbocycles. The highest BCUT2D eigenvalue weighted by atomic mass is 16.3. The molecule has 4 heteroatoms. The average Bonchev–Trinajstić information content (AvgIpc) is 2.18. The molecule has 0 aromatic heterocycles. The van der Waals surface area contributed by atoms with Gasteiger partial charge >= 0.3 is 0 Å². The zero-order valence-corrected chi connectivity index (χ0v) is 7.93. The first kappa shape index (κ1) is 11.0. The van der Waals surface area contributed by atoms with Crippen LogP contribution in [0, 0.1) is 0 Å². The van der Waals surface area contributed by atoms with Crippen LogP contribution in [0.1, 0.15) is 18.1 Å². The molecule has 0 aliphatic carbocycles. The predicted octanol–water partition coefficient (Wildman–Crippen LogP) is 0.0119. The third-order valence-electron chi connectivity index (χ3n) is 2.12. The summed E-state index contributed by atoms with van der Waals surface area (Å²) < 4.78 is 0. The molecule has 0 unspecified atom stereocenters. The zero-order valence-electron chi connectivity index (χ0n) is 7.93. The molecule has 0 amide bonds. The maximum atomic E-state index is 9.73. The van der Waals surface area contributed by atoms with Gasteiger partial charge in [-0.15, -0.1) is 0 Å². The Balaban J connectivity index is 2.69. The van der Waals surface area contributed by atoms with Crippen LogP contribution in [0.5, 0.6) is 0 Å². The smallest absolute Gasteiger partial charge is 0.0825 e. The Morgan fingerprint density at radius 1 is 1.29 bits per heavy atom. The summed E-state index contributed by atoms with van der Waals surface area (Å²) in [5.74, 6) is 0. The van der Waals surface area contributed by atoms with E-state index in [1.165, 1.54) is 0 Å². The van der Waals surface area contributed by atoms with Crippen LogP contribution in [0.4, 0.5) is 5.69 Å². The van der Waals surface area contributed by atoms with Crippen molar-refractivity contribution in [2.75, 3.05) is 12.3 Å². The van der Waals surface area contributed by atoms with E-state index < -0.39 is 12.1 Å². The number of hydrogen-bond donors (Lipinski definition) is 4. The summed E-state index contributed by atoms with van der Waals surface area (Å²) in [6.07, 6.45) is -0.400. The van der Waals surface area contributed by atoms with Gasteiger partial charge < -0.3 is 21.7 Å². The van der Waals surface area contributed by atoms with Crippen LogP contribution in [0.25, 0.3) is 0 Å². The highest BCUT2D eigenvalue weighted by Gasteiger charge is 2.13. The average molecular weight is 196 g/mol. The van der Waals surface area contributed by atoms with E-state index in [-0.39, 0.29) is 6.61 Å². The Kier molecular flexibility index (Phi) is 3.88. The third kappa shape index (κ3) is 2.70. The van der Waals surface area contributed by atoms with E-state index in [2.05, 4.69) is 0 Å². The lowest BCUT2D eigenvalue weighted by molar-refractivity contribution is 0.141. The van der Waals surface area contributed by atoms with E-state index in [9.17, 15) is 5.11 Å². The van der Waals surface area contributed by atoms with Crippen molar-refractivity contribution in [3.05, 3.63) is 29.8 Å². The number of hydrogen-bond acceptors (Lipinski definition) is 4. The fraction of sp³-hybridized carbons (Fsp3) is 0.400. The van der Waals surface area contributed by atoms with Crippen molar-refractivity contribution < 1.29 is 10.2 Å². The molecule has 2 atom stereocenters. The van der Waals surface area contributed by atoms with Gasteiger partial charge in [0, 0.05) is 17.3 Å². The number of rotatable bonds is 4. The summed E-state index contributed by atoms with van der Waals surface area (Å²) in [6, 6.07) is 6.67.